The fourth-order valence-corrected chi connectivity index (χ4v) is 1.91. The van der Waals surface area contributed by atoms with Crippen molar-refractivity contribution in [1.82, 2.24) is 14.8 Å². The zero-order valence-corrected chi connectivity index (χ0v) is 10.6. The molecule has 18 heavy (non-hydrogen) atoms. The Morgan fingerprint density at radius 2 is 2.11 bits per heavy atom. The summed E-state index contributed by atoms with van der Waals surface area (Å²) >= 11 is 0. The Labute approximate surface area is 106 Å². The second-order valence-electron chi connectivity index (χ2n) is 4.17. The molecule has 0 bridgehead atoms. The van der Waals surface area contributed by atoms with Crippen molar-refractivity contribution in [2.24, 2.45) is 7.05 Å². The van der Waals surface area contributed by atoms with Crippen LogP contribution in [-0.2, 0) is 19.9 Å². The molecule has 1 unspecified atom stereocenters. The van der Waals surface area contributed by atoms with E-state index in [1.54, 1.807) is 11.8 Å². The van der Waals surface area contributed by atoms with Crippen LogP contribution in [0.4, 0.5) is 0 Å². The van der Waals surface area contributed by atoms with Gasteiger partial charge in [-0.05, 0) is 11.6 Å². The lowest BCUT2D eigenvalue weighted by atomic mass is 10.0. The predicted octanol–water partition coefficient (Wildman–Crippen LogP) is 0.970. The van der Waals surface area contributed by atoms with E-state index in [1.165, 1.54) is 6.33 Å². The van der Waals surface area contributed by atoms with Crippen molar-refractivity contribution in [2.75, 3.05) is 7.11 Å². The number of para-hydroxylation sites is 1. The highest BCUT2D eigenvalue weighted by atomic mass is 16.5. The fourth-order valence-electron chi connectivity index (χ4n) is 1.91. The first-order valence-electron chi connectivity index (χ1n) is 5.83. The van der Waals surface area contributed by atoms with Gasteiger partial charge in [-0.2, -0.15) is 5.10 Å². The normalized spacial score (nSPS) is 12.4. The number of hydrogen-bond donors (Lipinski definition) is 1. The highest BCUT2D eigenvalue weighted by Gasteiger charge is 2.12. The van der Waals surface area contributed by atoms with Crippen LogP contribution in [0.1, 0.15) is 11.4 Å². The van der Waals surface area contributed by atoms with Gasteiger partial charge < -0.3 is 9.84 Å². The van der Waals surface area contributed by atoms with E-state index in [4.69, 9.17) is 4.74 Å². The molecule has 0 aliphatic heterocycles. The molecule has 1 N–H and O–H groups in total. The third kappa shape index (κ3) is 2.87. The molecule has 1 heterocycles. The Hall–Kier alpha value is -1.88. The molecule has 96 valence electrons. The molecule has 2 aromatic rings. The lowest BCUT2D eigenvalue weighted by Crippen LogP contribution is -2.17. The van der Waals surface area contributed by atoms with E-state index in [1.807, 2.05) is 31.3 Å². The maximum Gasteiger partial charge on any atom is 0.138 e. The Balaban J connectivity index is 2.03. The average molecular weight is 247 g/mol. The van der Waals surface area contributed by atoms with Gasteiger partial charge in [-0.1, -0.05) is 18.2 Å². The van der Waals surface area contributed by atoms with Gasteiger partial charge in [0.1, 0.15) is 17.9 Å². The largest absolute Gasteiger partial charge is 0.496 e. The third-order valence-electron chi connectivity index (χ3n) is 2.87. The quantitative estimate of drug-likeness (QED) is 0.855. The summed E-state index contributed by atoms with van der Waals surface area (Å²) in [5.74, 6) is 1.58. The maximum atomic E-state index is 10.1. The van der Waals surface area contributed by atoms with Gasteiger partial charge in [-0.3, -0.25) is 4.68 Å². The van der Waals surface area contributed by atoms with Crippen molar-refractivity contribution < 1.29 is 9.84 Å². The van der Waals surface area contributed by atoms with E-state index in [0.717, 1.165) is 17.1 Å². The molecule has 0 radical (unpaired) electrons. The SMILES string of the molecule is COc1ccccc1CC(O)Cc1ncnn1C. The molecule has 5 heteroatoms. The number of aliphatic hydroxyl groups is 1. The number of aryl methyl sites for hydroxylation is 1. The van der Waals surface area contributed by atoms with Crippen molar-refractivity contribution in [3.63, 3.8) is 0 Å². The van der Waals surface area contributed by atoms with E-state index in [-0.39, 0.29) is 0 Å². The Morgan fingerprint density at radius 1 is 1.33 bits per heavy atom. The summed E-state index contributed by atoms with van der Waals surface area (Å²) in [6.07, 6.45) is 2.01. The minimum Gasteiger partial charge on any atom is -0.496 e. The molecule has 5 nitrogen and oxygen atoms in total. The van der Waals surface area contributed by atoms with Gasteiger partial charge in [0.15, 0.2) is 0 Å². The summed E-state index contributed by atoms with van der Waals surface area (Å²) in [6, 6.07) is 7.70. The Bertz CT molecular complexity index is 510. The molecule has 0 amide bonds. The van der Waals surface area contributed by atoms with Crippen LogP contribution >= 0.6 is 0 Å². The second-order valence-corrected chi connectivity index (χ2v) is 4.17. The number of aromatic nitrogens is 3. The van der Waals surface area contributed by atoms with E-state index in [9.17, 15) is 5.11 Å². The topological polar surface area (TPSA) is 60.2 Å². The average Bonchev–Trinajstić information content (AvgIpc) is 2.75. The van der Waals surface area contributed by atoms with E-state index >= 15 is 0 Å². The van der Waals surface area contributed by atoms with Crippen LogP contribution in [0.25, 0.3) is 0 Å². The molecule has 0 aliphatic rings. The molecule has 0 spiro atoms. The number of ether oxygens (including phenoxy) is 1. The zero-order chi connectivity index (χ0) is 13.0. The molecule has 0 saturated carbocycles. The van der Waals surface area contributed by atoms with Crippen LogP contribution in [0.3, 0.4) is 0 Å². The molecule has 1 atom stereocenters. The van der Waals surface area contributed by atoms with E-state index < -0.39 is 6.10 Å². The highest BCUT2D eigenvalue weighted by molar-refractivity contribution is 5.33. The first-order chi connectivity index (χ1) is 8.70. The van der Waals surface area contributed by atoms with Crippen LogP contribution in [0.2, 0.25) is 0 Å². The van der Waals surface area contributed by atoms with Gasteiger partial charge in [-0.25, -0.2) is 4.98 Å². The number of methoxy groups -OCH3 is 1. The van der Waals surface area contributed by atoms with Crippen LogP contribution in [-0.4, -0.2) is 33.1 Å². The van der Waals surface area contributed by atoms with Crippen LogP contribution in [0.15, 0.2) is 30.6 Å². The molecule has 2 rings (SSSR count). The summed E-state index contributed by atoms with van der Waals surface area (Å²) in [4.78, 5) is 4.10. The zero-order valence-electron chi connectivity index (χ0n) is 10.6. The third-order valence-corrected chi connectivity index (χ3v) is 2.87. The Morgan fingerprint density at radius 3 is 2.78 bits per heavy atom. The first-order valence-corrected chi connectivity index (χ1v) is 5.83. The molecule has 1 aromatic heterocycles. The minimum absolute atomic E-state index is 0.481. The molecular formula is C13H17N3O2. The molecular weight excluding hydrogens is 230 g/mol. The maximum absolute atomic E-state index is 10.1. The summed E-state index contributed by atoms with van der Waals surface area (Å²) in [5.41, 5.74) is 0.995. The van der Waals surface area contributed by atoms with Crippen molar-refractivity contribution in [3.05, 3.63) is 42.0 Å². The van der Waals surface area contributed by atoms with Gasteiger partial charge in [0.2, 0.25) is 0 Å². The monoisotopic (exact) mass is 247 g/mol. The lowest BCUT2D eigenvalue weighted by Gasteiger charge is -2.12. The first kappa shape index (κ1) is 12.6. The fraction of sp³-hybridized carbons (Fsp3) is 0.385. The molecule has 0 saturated heterocycles. The summed E-state index contributed by atoms with van der Waals surface area (Å²) in [5, 5.41) is 14.1. The number of nitrogens with zero attached hydrogens (tertiary/aromatic N) is 3. The van der Waals surface area contributed by atoms with Crippen molar-refractivity contribution in [2.45, 2.75) is 18.9 Å². The number of benzene rings is 1. The number of hydrogen-bond acceptors (Lipinski definition) is 4. The predicted molar refractivity (Wildman–Crippen MR) is 67.4 cm³/mol. The smallest absolute Gasteiger partial charge is 0.138 e. The number of rotatable bonds is 5. The molecule has 0 aliphatic carbocycles. The van der Waals surface area contributed by atoms with Crippen molar-refractivity contribution in [3.8, 4) is 5.75 Å². The van der Waals surface area contributed by atoms with Gasteiger partial charge in [0.05, 0.1) is 13.2 Å². The summed E-state index contributed by atoms with van der Waals surface area (Å²) in [6.45, 7) is 0. The molecule has 1 aromatic carbocycles. The van der Waals surface area contributed by atoms with Crippen molar-refractivity contribution >= 4 is 0 Å². The van der Waals surface area contributed by atoms with Crippen LogP contribution in [0.5, 0.6) is 5.75 Å². The van der Waals surface area contributed by atoms with E-state index in [2.05, 4.69) is 10.1 Å². The lowest BCUT2D eigenvalue weighted by molar-refractivity contribution is 0.170. The Kier molecular flexibility index (Phi) is 3.94. The van der Waals surface area contributed by atoms with Gasteiger partial charge in [0.25, 0.3) is 0 Å². The number of aliphatic hydroxyl groups excluding tert-OH is 1. The van der Waals surface area contributed by atoms with E-state index in [0.29, 0.717) is 12.8 Å². The summed E-state index contributed by atoms with van der Waals surface area (Å²) in [7, 11) is 3.45. The minimum atomic E-state index is -0.496. The van der Waals surface area contributed by atoms with Crippen molar-refractivity contribution in [1.29, 1.82) is 0 Å². The standard InChI is InChI=1S/C13H17N3O2/c1-16-13(14-9-15-16)8-11(17)7-10-5-3-4-6-12(10)18-2/h3-6,9,11,17H,7-8H2,1-2H3. The van der Waals surface area contributed by atoms with Gasteiger partial charge in [0, 0.05) is 19.9 Å². The highest BCUT2D eigenvalue weighted by Crippen LogP contribution is 2.19. The molecule has 0 fully saturated rings. The van der Waals surface area contributed by atoms with Gasteiger partial charge in [-0.15, -0.1) is 0 Å². The van der Waals surface area contributed by atoms with Crippen LogP contribution < -0.4 is 4.74 Å². The van der Waals surface area contributed by atoms with Crippen LogP contribution in [0, 0.1) is 0 Å². The van der Waals surface area contributed by atoms with Gasteiger partial charge >= 0.3 is 0 Å². The summed E-state index contributed by atoms with van der Waals surface area (Å²) < 4.78 is 6.93. The second kappa shape index (κ2) is 5.64.